The molecule has 2 rings (SSSR count). The van der Waals surface area contributed by atoms with Gasteiger partial charge in [0.15, 0.2) is 12.9 Å². The fraction of sp³-hybridized carbons (Fsp3) is 0.222. The number of nitrogens with one attached hydrogen (secondary N) is 1. The van der Waals surface area contributed by atoms with E-state index in [4.69, 9.17) is 21.1 Å². The smallest absolute Gasteiger partial charge is 0.258 e. The zero-order valence-electron chi connectivity index (χ0n) is 13.4. The van der Waals surface area contributed by atoms with Crippen molar-refractivity contribution in [3.8, 4) is 11.5 Å². The average Bonchev–Trinajstić information content (AvgIpc) is 2.59. The van der Waals surface area contributed by atoms with Gasteiger partial charge in [0.2, 0.25) is 0 Å². The molecular weight excluding hydrogens is 330 g/mol. The maximum atomic E-state index is 12.0. The molecule has 126 valence electrons. The molecule has 1 unspecified atom stereocenters. The number of benzene rings is 2. The zero-order valence-corrected chi connectivity index (χ0v) is 14.2. The molecule has 0 aliphatic heterocycles. The van der Waals surface area contributed by atoms with Crippen LogP contribution in [0.4, 0.5) is 0 Å². The van der Waals surface area contributed by atoms with Crippen molar-refractivity contribution in [1.29, 1.82) is 0 Å². The topological polar surface area (TPSA) is 64.6 Å². The van der Waals surface area contributed by atoms with Gasteiger partial charge in [0.1, 0.15) is 11.5 Å². The minimum Gasteiger partial charge on any atom is -0.497 e. The van der Waals surface area contributed by atoms with E-state index in [1.165, 1.54) is 7.11 Å². The molecule has 0 fully saturated rings. The van der Waals surface area contributed by atoms with E-state index in [1.807, 2.05) is 19.1 Å². The first-order valence-electron chi connectivity index (χ1n) is 7.34. The highest BCUT2D eigenvalue weighted by molar-refractivity contribution is 6.30. The van der Waals surface area contributed by atoms with Crippen LogP contribution in [-0.2, 0) is 4.79 Å². The highest BCUT2D eigenvalue weighted by atomic mass is 35.5. The van der Waals surface area contributed by atoms with Crippen LogP contribution in [0.25, 0.3) is 0 Å². The molecule has 1 atom stereocenters. The molecule has 0 aliphatic carbocycles. The van der Waals surface area contributed by atoms with Crippen LogP contribution in [0.2, 0.25) is 5.02 Å². The first kappa shape index (κ1) is 17.8. The summed E-state index contributed by atoms with van der Waals surface area (Å²) in [5.74, 6) is 0.579. The molecule has 1 N–H and O–H groups in total. The Morgan fingerprint density at radius 2 is 2.08 bits per heavy atom. The number of aldehydes is 1. The molecule has 5 nitrogen and oxygen atoms in total. The van der Waals surface area contributed by atoms with Crippen LogP contribution in [0, 0.1) is 0 Å². The van der Waals surface area contributed by atoms with E-state index in [-0.39, 0.29) is 18.6 Å². The number of rotatable bonds is 7. The molecule has 1 amide bonds. The minimum atomic E-state index is -0.296. The van der Waals surface area contributed by atoms with E-state index in [2.05, 4.69) is 5.32 Å². The highest BCUT2D eigenvalue weighted by Gasteiger charge is 2.12. The molecule has 2 aromatic rings. The van der Waals surface area contributed by atoms with Crippen LogP contribution < -0.4 is 14.8 Å². The number of hydrogen-bond donors (Lipinski definition) is 1. The number of carbonyl (C=O) groups is 2. The molecular formula is C18H18ClNO4. The second-order valence-electron chi connectivity index (χ2n) is 5.15. The Balaban J connectivity index is 1.95. The van der Waals surface area contributed by atoms with Crippen molar-refractivity contribution in [2.24, 2.45) is 0 Å². The van der Waals surface area contributed by atoms with Gasteiger partial charge in [-0.05, 0) is 42.8 Å². The van der Waals surface area contributed by atoms with Gasteiger partial charge in [-0.15, -0.1) is 0 Å². The van der Waals surface area contributed by atoms with Crippen molar-refractivity contribution in [3.63, 3.8) is 0 Å². The predicted octanol–water partition coefficient (Wildman–Crippen LogP) is 3.42. The number of hydrogen-bond acceptors (Lipinski definition) is 4. The van der Waals surface area contributed by atoms with Crippen molar-refractivity contribution < 1.29 is 19.1 Å². The van der Waals surface area contributed by atoms with Gasteiger partial charge < -0.3 is 14.8 Å². The maximum absolute atomic E-state index is 12.0. The first-order chi connectivity index (χ1) is 11.5. The Kier molecular flexibility index (Phi) is 6.21. The summed E-state index contributed by atoms with van der Waals surface area (Å²) in [5, 5.41) is 3.43. The average molecular weight is 348 g/mol. The van der Waals surface area contributed by atoms with Gasteiger partial charge in [-0.3, -0.25) is 9.59 Å². The van der Waals surface area contributed by atoms with Gasteiger partial charge in [-0.2, -0.15) is 0 Å². The number of carbonyl (C=O) groups excluding carboxylic acids is 2. The van der Waals surface area contributed by atoms with Crippen LogP contribution in [0.3, 0.4) is 0 Å². The zero-order chi connectivity index (χ0) is 17.5. The summed E-state index contributed by atoms with van der Waals surface area (Å²) < 4.78 is 10.5. The molecule has 0 heterocycles. The molecule has 24 heavy (non-hydrogen) atoms. The molecule has 0 radical (unpaired) electrons. The largest absolute Gasteiger partial charge is 0.497 e. The minimum absolute atomic E-state index is 0.196. The summed E-state index contributed by atoms with van der Waals surface area (Å²) in [6, 6.07) is 11.9. The predicted molar refractivity (Wildman–Crippen MR) is 91.9 cm³/mol. The van der Waals surface area contributed by atoms with Gasteiger partial charge in [-0.25, -0.2) is 0 Å². The highest BCUT2D eigenvalue weighted by Crippen LogP contribution is 2.22. The van der Waals surface area contributed by atoms with Crippen molar-refractivity contribution in [2.45, 2.75) is 13.0 Å². The van der Waals surface area contributed by atoms with E-state index in [0.717, 1.165) is 5.56 Å². The van der Waals surface area contributed by atoms with E-state index >= 15 is 0 Å². The Labute approximate surface area is 145 Å². The summed E-state index contributed by atoms with van der Waals surface area (Å²) in [4.78, 5) is 23.1. The normalized spacial score (nSPS) is 11.5. The Morgan fingerprint density at radius 3 is 2.75 bits per heavy atom. The summed E-state index contributed by atoms with van der Waals surface area (Å²) in [5.41, 5.74) is 1.22. The standard InChI is InChI=1S/C18H18ClNO4/c1-12(13-4-3-5-15(19)8-13)20-18(22)11-24-17-7-6-16(23-2)9-14(17)10-21/h3-10,12H,11H2,1-2H3,(H,20,22). The third-order valence-electron chi connectivity index (χ3n) is 3.43. The van der Waals surface area contributed by atoms with Gasteiger partial charge >= 0.3 is 0 Å². The third-order valence-corrected chi connectivity index (χ3v) is 3.66. The monoisotopic (exact) mass is 347 g/mol. The van der Waals surface area contributed by atoms with Gasteiger partial charge in [0.05, 0.1) is 18.7 Å². The third kappa shape index (κ3) is 4.73. The van der Waals surface area contributed by atoms with E-state index in [0.29, 0.717) is 28.4 Å². The lowest BCUT2D eigenvalue weighted by atomic mass is 10.1. The fourth-order valence-corrected chi connectivity index (χ4v) is 2.36. The Morgan fingerprint density at radius 1 is 1.29 bits per heavy atom. The SMILES string of the molecule is COc1ccc(OCC(=O)NC(C)c2cccc(Cl)c2)c(C=O)c1. The Hall–Kier alpha value is -2.53. The molecule has 0 spiro atoms. The van der Waals surface area contributed by atoms with Gasteiger partial charge in [0, 0.05) is 5.02 Å². The first-order valence-corrected chi connectivity index (χ1v) is 7.72. The number of amides is 1. The maximum Gasteiger partial charge on any atom is 0.258 e. The second kappa shape index (κ2) is 8.36. The Bertz CT molecular complexity index is 733. The molecule has 0 aromatic heterocycles. The van der Waals surface area contributed by atoms with Crippen LogP contribution in [0.15, 0.2) is 42.5 Å². The summed E-state index contributed by atoms with van der Waals surface area (Å²) in [7, 11) is 1.51. The van der Waals surface area contributed by atoms with Crippen LogP contribution >= 0.6 is 11.6 Å². The van der Waals surface area contributed by atoms with Crippen LogP contribution in [0.5, 0.6) is 11.5 Å². The number of halogens is 1. The van der Waals surface area contributed by atoms with Crippen molar-refractivity contribution in [2.75, 3.05) is 13.7 Å². The lowest BCUT2D eigenvalue weighted by Gasteiger charge is -2.15. The molecule has 0 saturated carbocycles. The molecule has 0 aliphatic rings. The number of methoxy groups -OCH3 is 1. The quantitative estimate of drug-likeness (QED) is 0.779. The summed E-state index contributed by atoms with van der Waals surface area (Å²) in [6.45, 7) is 1.66. The van der Waals surface area contributed by atoms with Crippen LogP contribution in [-0.4, -0.2) is 25.9 Å². The van der Waals surface area contributed by atoms with Crippen molar-refractivity contribution >= 4 is 23.8 Å². The van der Waals surface area contributed by atoms with Crippen molar-refractivity contribution in [3.05, 3.63) is 58.6 Å². The summed E-state index contributed by atoms with van der Waals surface area (Å²) >= 11 is 5.94. The van der Waals surface area contributed by atoms with E-state index < -0.39 is 0 Å². The molecule has 0 bridgehead atoms. The summed E-state index contributed by atoms with van der Waals surface area (Å²) in [6.07, 6.45) is 0.657. The molecule has 0 saturated heterocycles. The van der Waals surface area contributed by atoms with Gasteiger partial charge in [-0.1, -0.05) is 23.7 Å². The fourth-order valence-electron chi connectivity index (χ4n) is 2.16. The number of ether oxygens (including phenoxy) is 2. The van der Waals surface area contributed by atoms with Gasteiger partial charge in [0.25, 0.3) is 5.91 Å². The molecule has 6 heteroatoms. The molecule has 2 aromatic carbocycles. The van der Waals surface area contributed by atoms with E-state index in [9.17, 15) is 9.59 Å². The van der Waals surface area contributed by atoms with E-state index in [1.54, 1.807) is 30.3 Å². The lowest BCUT2D eigenvalue weighted by Crippen LogP contribution is -2.31. The van der Waals surface area contributed by atoms with Crippen LogP contribution in [0.1, 0.15) is 28.9 Å². The lowest BCUT2D eigenvalue weighted by molar-refractivity contribution is -0.123. The second-order valence-corrected chi connectivity index (χ2v) is 5.59. The van der Waals surface area contributed by atoms with Crippen molar-refractivity contribution in [1.82, 2.24) is 5.32 Å².